The van der Waals surface area contributed by atoms with Crippen LogP contribution in [0.2, 0.25) is 0 Å². The van der Waals surface area contributed by atoms with Crippen molar-refractivity contribution in [1.82, 2.24) is 30.0 Å². The van der Waals surface area contributed by atoms with E-state index in [9.17, 15) is 9.18 Å². The summed E-state index contributed by atoms with van der Waals surface area (Å²) in [6.45, 7) is 0.171. The van der Waals surface area contributed by atoms with Gasteiger partial charge in [0.05, 0.1) is 23.6 Å². The minimum atomic E-state index is -0.350. The predicted molar refractivity (Wildman–Crippen MR) is 102 cm³/mol. The maximum absolute atomic E-state index is 13.7. The van der Waals surface area contributed by atoms with Gasteiger partial charge >= 0.3 is 0 Å². The number of benzene rings is 1. The highest BCUT2D eigenvalue weighted by Crippen LogP contribution is 2.29. The number of nitrogens with one attached hydrogen (secondary N) is 2. The van der Waals surface area contributed by atoms with E-state index in [1.54, 1.807) is 42.3 Å². The summed E-state index contributed by atoms with van der Waals surface area (Å²) in [6.07, 6.45) is 3.37. The zero-order valence-corrected chi connectivity index (χ0v) is 15.1. The lowest BCUT2D eigenvalue weighted by Gasteiger charge is -2.02. The van der Waals surface area contributed by atoms with Crippen LogP contribution in [0, 0.1) is 5.82 Å². The monoisotopic (exact) mass is 376 g/mol. The number of aromatic nitrogens is 5. The van der Waals surface area contributed by atoms with Gasteiger partial charge in [-0.2, -0.15) is 5.10 Å². The molecule has 4 rings (SSSR count). The van der Waals surface area contributed by atoms with Crippen LogP contribution >= 0.6 is 0 Å². The van der Waals surface area contributed by atoms with E-state index in [-0.39, 0.29) is 18.3 Å². The van der Waals surface area contributed by atoms with Crippen LogP contribution in [0.3, 0.4) is 0 Å². The molecule has 0 aliphatic heterocycles. The van der Waals surface area contributed by atoms with Crippen molar-refractivity contribution in [3.05, 3.63) is 78.3 Å². The third-order valence-corrected chi connectivity index (χ3v) is 4.13. The van der Waals surface area contributed by atoms with Gasteiger partial charge in [0.25, 0.3) is 5.91 Å². The van der Waals surface area contributed by atoms with Gasteiger partial charge in [0.2, 0.25) is 0 Å². The van der Waals surface area contributed by atoms with E-state index >= 15 is 0 Å². The van der Waals surface area contributed by atoms with E-state index in [0.717, 1.165) is 0 Å². The van der Waals surface area contributed by atoms with Gasteiger partial charge in [-0.3, -0.25) is 14.5 Å². The van der Waals surface area contributed by atoms with Crippen molar-refractivity contribution in [2.24, 2.45) is 7.05 Å². The Balaban J connectivity index is 1.64. The lowest BCUT2D eigenvalue weighted by Crippen LogP contribution is -2.24. The third kappa shape index (κ3) is 3.66. The number of amides is 1. The minimum absolute atomic E-state index is 0.171. The van der Waals surface area contributed by atoms with Crippen LogP contribution in [0.25, 0.3) is 22.6 Å². The molecule has 28 heavy (non-hydrogen) atoms. The summed E-state index contributed by atoms with van der Waals surface area (Å²) < 4.78 is 15.3. The fourth-order valence-electron chi connectivity index (χ4n) is 2.84. The molecule has 0 aliphatic rings. The average Bonchev–Trinajstić information content (AvgIpc) is 3.33. The van der Waals surface area contributed by atoms with Gasteiger partial charge in [0.1, 0.15) is 17.3 Å². The van der Waals surface area contributed by atoms with Gasteiger partial charge < -0.3 is 10.3 Å². The van der Waals surface area contributed by atoms with Crippen LogP contribution in [0.5, 0.6) is 0 Å². The molecule has 0 radical (unpaired) electrons. The third-order valence-electron chi connectivity index (χ3n) is 4.13. The standard InChI is InChI=1S/C20H17FN6O/c1-27-10-8-16(26-27)20(28)23-12-17-24-18(13-5-4-6-14(21)11-13)19(25-17)15-7-2-3-9-22-15/h2-11H,12H2,1H3,(H,23,28)(H,24,25). The summed E-state index contributed by atoms with van der Waals surface area (Å²) >= 11 is 0. The van der Waals surface area contributed by atoms with Crippen LogP contribution in [-0.2, 0) is 13.6 Å². The molecule has 0 aliphatic carbocycles. The maximum atomic E-state index is 13.7. The Labute approximate surface area is 160 Å². The minimum Gasteiger partial charge on any atom is -0.343 e. The first kappa shape index (κ1) is 17.6. The summed E-state index contributed by atoms with van der Waals surface area (Å²) in [5, 5.41) is 6.85. The second-order valence-electron chi connectivity index (χ2n) is 6.19. The van der Waals surface area contributed by atoms with Crippen molar-refractivity contribution >= 4 is 5.91 Å². The quantitative estimate of drug-likeness (QED) is 0.561. The molecule has 8 heteroatoms. The van der Waals surface area contributed by atoms with Crippen molar-refractivity contribution in [1.29, 1.82) is 0 Å². The second-order valence-corrected chi connectivity index (χ2v) is 6.19. The van der Waals surface area contributed by atoms with E-state index in [0.29, 0.717) is 34.2 Å². The number of hydrogen-bond acceptors (Lipinski definition) is 4. The summed E-state index contributed by atoms with van der Waals surface area (Å²) in [7, 11) is 1.74. The molecular formula is C20H17FN6O. The van der Waals surface area contributed by atoms with Gasteiger partial charge in [-0.15, -0.1) is 0 Å². The number of imidazole rings is 1. The van der Waals surface area contributed by atoms with Crippen LogP contribution in [0.15, 0.2) is 60.9 Å². The molecule has 3 aromatic heterocycles. The number of carbonyl (C=O) groups is 1. The number of carbonyl (C=O) groups excluding carboxylic acids is 1. The smallest absolute Gasteiger partial charge is 0.272 e. The number of aryl methyl sites for hydroxylation is 1. The lowest BCUT2D eigenvalue weighted by molar-refractivity contribution is 0.0944. The van der Waals surface area contributed by atoms with Gasteiger partial charge in [-0.25, -0.2) is 9.37 Å². The Morgan fingerprint density at radius 2 is 2.11 bits per heavy atom. The highest BCUT2D eigenvalue weighted by Gasteiger charge is 2.16. The highest BCUT2D eigenvalue weighted by molar-refractivity contribution is 5.92. The van der Waals surface area contributed by atoms with Crippen molar-refractivity contribution < 1.29 is 9.18 Å². The maximum Gasteiger partial charge on any atom is 0.272 e. The first-order valence-electron chi connectivity index (χ1n) is 8.64. The Morgan fingerprint density at radius 3 is 2.82 bits per heavy atom. The molecule has 140 valence electrons. The Bertz CT molecular complexity index is 1120. The number of aromatic amines is 1. The highest BCUT2D eigenvalue weighted by atomic mass is 19.1. The molecule has 0 atom stereocenters. The molecule has 0 saturated carbocycles. The number of H-pyrrole nitrogens is 1. The van der Waals surface area contributed by atoms with E-state index in [2.05, 4.69) is 25.4 Å². The number of rotatable bonds is 5. The number of nitrogens with zero attached hydrogens (tertiary/aromatic N) is 4. The lowest BCUT2D eigenvalue weighted by atomic mass is 10.1. The second kappa shape index (κ2) is 7.43. The van der Waals surface area contributed by atoms with Gasteiger partial charge in [-0.1, -0.05) is 18.2 Å². The largest absolute Gasteiger partial charge is 0.343 e. The molecule has 2 N–H and O–H groups in total. The van der Waals surface area contributed by atoms with E-state index in [1.807, 2.05) is 18.2 Å². The molecule has 0 bridgehead atoms. The zero-order chi connectivity index (χ0) is 19.5. The van der Waals surface area contributed by atoms with Crippen molar-refractivity contribution in [2.75, 3.05) is 0 Å². The number of hydrogen-bond donors (Lipinski definition) is 2. The molecule has 3 heterocycles. The SMILES string of the molecule is Cn1ccc(C(=O)NCc2nc(-c3cccc(F)c3)c(-c3ccccn3)[nH]2)n1. The van der Waals surface area contributed by atoms with Crippen molar-refractivity contribution in [2.45, 2.75) is 6.54 Å². The fraction of sp³-hybridized carbons (Fsp3) is 0.100. The van der Waals surface area contributed by atoms with E-state index in [1.165, 1.54) is 12.1 Å². The van der Waals surface area contributed by atoms with E-state index < -0.39 is 0 Å². The van der Waals surface area contributed by atoms with Gasteiger partial charge in [0, 0.05) is 25.0 Å². The molecule has 4 aromatic rings. The number of pyridine rings is 1. The summed E-state index contributed by atoms with van der Waals surface area (Å²) in [5.74, 6) is -0.120. The van der Waals surface area contributed by atoms with Crippen LogP contribution in [0.4, 0.5) is 4.39 Å². The normalized spacial score (nSPS) is 10.8. The van der Waals surface area contributed by atoms with E-state index in [4.69, 9.17) is 0 Å². The average molecular weight is 376 g/mol. The molecular weight excluding hydrogens is 359 g/mol. The Kier molecular flexibility index (Phi) is 4.67. The van der Waals surface area contributed by atoms with Crippen LogP contribution in [0.1, 0.15) is 16.3 Å². The summed E-state index contributed by atoms with van der Waals surface area (Å²) in [6, 6.07) is 13.4. The van der Waals surface area contributed by atoms with Crippen LogP contribution < -0.4 is 5.32 Å². The first-order valence-corrected chi connectivity index (χ1v) is 8.64. The predicted octanol–water partition coefficient (Wildman–Crippen LogP) is 2.94. The molecule has 0 saturated heterocycles. The van der Waals surface area contributed by atoms with Crippen molar-refractivity contribution in [3.63, 3.8) is 0 Å². The molecule has 0 unspecified atom stereocenters. The zero-order valence-electron chi connectivity index (χ0n) is 15.1. The topological polar surface area (TPSA) is 88.5 Å². The van der Waals surface area contributed by atoms with Crippen LogP contribution in [-0.4, -0.2) is 30.6 Å². The Hall–Kier alpha value is -3.81. The molecule has 0 spiro atoms. The number of halogens is 1. The van der Waals surface area contributed by atoms with Gasteiger partial charge in [-0.05, 0) is 30.3 Å². The summed E-state index contributed by atoms with van der Waals surface area (Å²) in [5.41, 5.74) is 2.86. The molecule has 1 amide bonds. The molecule has 1 aromatic carbocycles. The molecule has 7 nitrogen and oxygen atoms in total. The first-order chi connectivity index (χ1) is 13.6. The fourth-order valence-corrected chi connectivity index (χ4v) is 2.84. The molecule has 0 fully saturated rings. The summed E-state index contributed by atoms with van der Waals surface area (Å²) in [4.78, 5) is 24.3. The Morgan fingerprint density at radius 1 is 1.21 bits per heavy atom. The van der Waals surface area contributed by atoms with Crippen molar-refractivity contribution in [3.8, 4) is 22.6 Å². The van der Waals surface area contributed by atoms with Gasteiger partial charge in [0.15, 0.2) is 0 Å².